The average molecular weight is 292 g/mol. The Bertz CT molecular complexity index is 713. The van der Waals surface area contributed by atoms with Crippen LogP contribution < -0.4 is 5.56 Å². The SMILES string of the molecule is CCCc1nc2sc(C)c(C)c2c(=O)n1CCC(C)=O. The van der Waals surface area contributed by atoms with Gasteiger partial charge in [-0.25, -0.2) is 4.98 Å². The summed E-state index contributed by atoms with van der Waals surface area (Å²) >= 11 is 1.57. The Kier molecular flexibility index (Phi) is 4.38. The van der Waals surface area contributed by atoms with E-state index in [0.29, 0.717) is 13.0 Å². The first-order valence-corrected chi connectivity index (χ1v) is 7.76. The van der Waals surface area contributed by atoms with Gasteiger partial charge in [-0.05, 0) is 32.8 Å². The molecule has 0 aromatic carbocycles. The van der Waals surface area contributed by atoms with E-state index in [0.717, 1.165) is 39.3 Å². The van der Waals surface area contributed by atoms with E-state index in [2.05, 4.69) is 11.9 Å². The maximum absolute atomic E-state index is 12.7. The molecule has 0 bridgehead atoms. The number of nitrogens with zero attached hydrogens (tertiary/aromatic N) is 2. The van der Waals surface area contributed by atoms with Gasteiger partial charge >= 0.3 is 0 Å². The number of thiophene rings is 1. The molecule has 2 heterocycles. The molecule has 20 heavy (non-hydrogen) atoms. The van der Waals surface area contributed by atoms with E-state index in [1.165, 1.54) is 0 Å². The maximum Gasteiger partial charge on any atom is 0.262 e. The summed E-state index contributed by atoms with van der Waals surface area (Å²) in [5, 5.41) is 0.718. The van der Waals surface area contributed by atoms with Crippen LogP contribution in [0.3, 0.4) is 0 Å². The Balaban J connectivity index is 2.64. The number of aromatic nitrogens is 2. The lowest BCUT2D eigenvalue weighted by atomic mass is 10.2. The number of fused-ring (bicyclic) bond motifs is 1. The molecule has 2 aromatic rings. The number of rotatable bonds is 5. The highest BCUT2D eigenvalue weighted by molar-refractivity contribution is 7.18. The van der Waals surface area contributed by atoms with Crippen LogP contribution in [-0.4, -0.2) is 15.3 Å². The zero-order valence-electron chi connectivity index (χ0n) is 12.4. The van der Waals surface area contributed by atoms with Gasteiger partial charge in [0.15, 0.2) is 0 Å². The molecule has 0 radical (unpaired) electrons. The predicted octanol–water partition coefficient (Wildman–Crippen LogP) is 3.01. The summed E-state index contributed by atoms with van der Waals surface area (Å²) in [4.78, 5) is 30.5. The van der Waals surface area contributed by atoms with Crippen molar-refractivity contribution in [1.82, 2.24) is 9.55 Å². The van der Waals surface area contributed by atoms with Crippen LogP contribution in [0.1, 0.15) is 43.0 Å². The molecule has 108 valence electrons. The molecule has 0 aliphatic carbocycles. The van der Waals surface area contributed by atoms with Gasteiger partial charge < -0.3 is 0 Å². The highest BCUT2D eigenvalue weighted by atomic mass is 32.1. The minimum absolute atomic E-state index is 0.00144. The van der Waals surface area contributed by atoms with Crippen molar-refractivity contribution in [3.63, 3.8) is 0 Å². The number of Topliss-reactive ketones (excluding diaryl/α,β-unsaturated/α-hetero) is 1. The van der Waals surface area contributed by atoms with Crippen molar-refractivity contribution in [3.8, 4) is 0 Å². The van der Waals surface area contributed by atoms with Crippen molar-refractivity contribution in [2.75, 3.05) is 0 Å². The minimum atomic E-state index is 0.00144. The van der Waals surface area contributed by atoms with Crippen LogP contribution in [-0.2, 0) is 17.8 Å². The van der Waals surface area contributed by atoms with Gasteiger partial charge in [-0.3, -0.25) is 14.2 Å². The molecule has 0 amide bonds. The van der Waals surface area contributed by atoms with E-state index in [-0.39, 0.29) is 11.3 Å². The highest BCUT2D eigenvalue weighted by Crippen LogP contribution is 2.26. The van der Waals surface area contributed by atoms with Gasteiger partial charge in [0.2, 0.25) is 0 Å². The van der Waals surface area contributed by atoms with Gasteiger partial charge in [-0.15, -0.1) is 11.3 Å². The Morgan fingerprint density at radius 3 is 2.65 bits per heavy atom. The lowest BCUT2D eigenvalue weighted by Gasteiger charge is -2.11. The van der Waals surface area contributed by atoms with Crippen LogP contribution in [0, 0.1) is 13.8 Å². The molecule has 0 aliphatic rings. The molecule has 2 aromatic heterocycles. The first-order chi connectivity index (χ1) is 9.45. The lowest BCUT2D eigenvalue weighted by Crippen LogP contribution is -2.26. The van der Waals surface area contributed by atoms with Gasteiger partial charge in [0.1, 0.15) is 16.4 Å². The summed E-state index contributed by atoms with van der Waals surface area (Å²) in [6.45, 7) is 8.03. The third kappa shape index (κ3) is 2.68. The van der Waals surface area contributed by atoms with Crippen molar-refractivity contribution in [1.29, 1.82) is 0 Å². The second-order valence-electron chi connectivity index (χ2n) is 5.15. The first-order valence-electron chi connectivity index (χ1n) is 6.94. The topological polar surface area (TPSA) is 52.0 Å². The monoisotopic (exact) mass is 292 g/mol. The van der Waals surface area contributed by atoms with Crippen molar-refractivity contribution in [3.05, 3.63) is 26.6 Å². The molecule has 0 unspecified atom stereocenters. The third-order valence-corrected chi connectivity index (χ3v) is 4.63. The van der Waals surface area contributed by atoms with E-state index in [1.807, 2.05) is 13.8 Å². The molecule has 0 spiro atoms. The van der Waals surface area contributed by atoms with Crippen LogP contribution in [0.25, 0.3) is 10.2 Å². The molecule has 2 rings (SSSR count). The number of hydrogen-bond donors (Lipinski definition) is 0. The van der Waals surface area contributed by atoms with Gasteiger partial charge in [0.25, 0.3) is 5.56 Å². The first kappa shape index (κ1) is 14.9. The van der Waals surface area contributed by atoms with Crippen molar-refractivity contribution < 1.29 is 4.79 Å². The molecule has 0 atom stereocenters. The van der Waals surface area contributed by atoms with Crippen molar-refractivity contribution in [2.24, 2.45) is 0 Å². The third-order valence-electron chi connectivity index (χ3n) is 3.53. The fraction of sp³-hybridized carbons (Fsp3) is 0.533. The van der Waals surface area contributed by atoms with Crippen LogP contribution in [0.5, 0.6) is 0 Å². The van der Waals surface area contributed by atoms with Crippen LogP contribution in [0.2, 0.25) is 0 Å². The van der Waals surface area contributed by atoms with E-state index in [4.69, 9.17) is 0 Å². The van der Waals surface area contributed by atoms with E-state index >= 15 is 0 Å². The summed E-state index contributed by atoms with van der Waals surface area (Å²) in [6, 6.07) is 0. The Labute approximate surface area is 122 Å². The molecule has 5 heteroatoms. The van der Waals surface area contributed by atoms with Gasteiger partial charge in [-0.1, -0.05) is 6.92 Å². The minimum Gasteiger partial charge on any atom is -0.300 e. The van der Waals surface area contributed by atoms with Crippen LogP contribution in [0.4, 0.5) is 0 Å². The summed E-state index contributed by atoms with van der Waals surface area (Å²) in [7, 11) is 0. The maximum atomic E-state index is 12.7. The Morgan fingerprint density at radius 1 is 1.35 bits per heavy atom. The van der Waals surface area contributed by atoms with Crippen LogP contribution in [0.15, 0.2) is 4.79 Å². The second kappa shape index (κ2) is 5.87. The normalized spacial score (nSPS) is 11.2. The van der Waals surface area contributed by atoms with Gasteiger partial charge in [0.05, 0.1) is 5.39 Å². The van der Waals surface area contributed by atoms with E-state index in [9.17, 15) is 9.59 Å². The molecular formula is C15H20N2O2S. The average Bonchev–Trinajstić information content (AvgIpc) is 2.64. The molecular weight excluding hydrogens is 272 g/mol. The molecule has 0 saturated carbocycles. The standard InChI is InChI=1S/C15H20N2O2S/c1-5-6-12-16-14-13(10(3)11(4)20-14)15(19)17(12)8-7-9(2)18/h5-8H2,1-4H3. The number of carbonyl (C=O) groups is 1. The summed E-state index contributed by atoms with van der Waals surface area (Å²) in [5.74, 6) is 0.894. The Hall–Kier alpha value is -1.49. The lowest BCUT2D eigenvalue weighted by molar-refractivity contribution is -0.117. The van der Waals surface area contributed by atoms with Gasteiger partial charge in [-0.2, -0.15) is 0 Å². The Morgan fingerprint density at radius 2 is 2.05 bits per heavy atom. The summed E-state index contributed by atoms with van der Waals surface area (Å²) in [5.41, 5.74) is 1.02. The fourth-order valence-corrected chi connectivity index (χ4v) is 3.32. The largest absolute Gasteiger partial charge is 0.300 e. The molecule has 0 saturated heterocycles. The van der Waals surface area contributed by atoms with Gasteiger partial charge in [0, 0.05) is 24.3 Å². The molecule has 0 aliphatic heterocycles. The number of ketones is 1. The quantitative estimate of drug-likeness (QED) is 0.851. The second-order valence-corrected chi connectivity index (χ2v) is 6.35. The smallest absolute Gasteiger partial charge is 0.262 e. The summed E-state index contributed by atoms with van der Waals surface area (Å²) < 4.78 is 1.69. The molecule has 4 nitrogen and oxygen atoms in total. The number of hydrogen-bond acceptors (Lipinski definition) is 4. The van der Waals surface area contributed by atoms with Crippen molar-refractivity contribution >= 4 is 27.3 Å². The van der Waals surface area contributed by atoms with E-state index < -0.39 is 0 Å². The number of carbonyl (C=O) groups excluding carboxylic acids is 1. The van der Waals surface area contributed by atoms with Crippen LogP contribution >= 0.6 is 11.3 Å². The molecule has 0 N–H and O–H groups in total. The zero-order chi connectivity index (χ0) is 14.9. The highest BCUT2D eigenvalue weighted by Gasteiger charge is 2.16. The predicted molar refractivity (Wildman–Crippen MR) is 82.6 cm³/mol. The van der Waals surface area contributed by atoms with E-state index in [1.54, 1.807) is 22.8 Å². The fourth-order valence-electron chi connectivity index (χ4n) is 2.28. The zero-order valence-corrected chi connectivity index (χ0v) is 13.3. The molecule has 0 fully saturated rings. The van der Waals surface area contributed by atoms with Crippen molar-refractivity contribution in [2.45, 2.75) is 53.5 Å². The summed E-state index contributed by atoms with van der Waals surface area (Å²) in [6.07, 6.45) is 2.08. The number of aryl methyl sites for hydroxylation is 3.